The fraction of sp³-hybridized carbons (Fsp3) is 0.571. The molecule has 1 saturated carbocycles. The van der Waals surface area contributed by atoms with E-state index in [1.807, 2.05) is 18.2 Å². The number of halogens is 1. The first-order chi connectivity index (χ1) is 8.20. The molecule has 1 aromatic rings. The molecule has 0 radical (unpaired) electrons. The van der Waals surface area contributed by atoms with Crippen LogP contribution in [-0.2, 0) is 6.61 Å². The van der Waals surface area contributed by atoms with Crippen molar-refractivity contribution in [2.45, 2.75) is 32.3 Å². The Hall–Kier alpha value is -0.730. The minimum Gasteiger partial charge on any atom is -0.392 e. The monoisotopic (exact) mass is 253 g/mol. The SMILES string of the molecule is CN(CC1CCCC1)c1ccc(CO)cc1Cl. The molecule has 0 amide bonds. The number of hydrogen-bond donors (Lipinski definition) is 1. The van der Waals surface area contributed by atoms with Crippen LogP contribution in [0.4, 0.5) is 5.69 Å². The Morgan fingerprint density at radius 1 is 1.35 bits per heavy atom. The number of aliphatic hydroxyl groups excluding tert-OH is 1. The quantitative estimate of drug-likeness (QED) is 0.888. The van der Waals surface area contributed by atoms with Gasteiger partial charge in [0.25, 0.3) is 0 Å². The van der Waals surface area contributed by atoms with Gasteiger partial charge in [0, 0.05) is 13.6 Å². The van der Waals surface area contributed by atoms with E-state index in [1.54, 1.807) is 0 Å². The highest BCUT2D eigenvalue weighted by Crippen LogP contribution is 2.30. The average Bonchev–Trinajstić information content (AvgIpc) is 2.81. The van der Waals surface area contributed by atoms with E-state index in [2.05, 4.69) is 11.9 Å². The summed E-state index contributed by atoms with van der Waals surface area (Å²) in [4.78, 5) is 2.24. The van der Waals surface area contributed by atoms with E-state index < -0.39 is 0 Å². The molecule has 1 fully saturated rings. The van der Waals surface area contributed by atoms with Crippen molar-refractivity contribution in [3.05, 3.63) is 28.8 Å². The van der Waals surface area contributed by atoms with Crippen molar-refractivity contribution < 1.29 is 5.11 Å². The van der Waals surface area contributed by atoms with Gasteiger partial charge in [0.2, 0.25) is 0 Å². The molecule has 0 aliphatic heterocycles. The highest BCUT2D eigenvalue weighted by Gasteiger charge is 2.18. The van der Waals surface area contributed by atoms with Gasteiger partial charge in [-0.3, -0.25) is 0 Å². The molecule has 17 heavy (non-hydrogen) atoms. The van der Waals surface area contributed by atoms with Crippen LogP contribution in [0.3, 0.4) is 0 Å². The van der Waals surface area contributed by atoms with Crippen molar-refractivity contribution in [2.24, 2.45) is 5.92 Å². The summed E-state index contributed by atoms with van der Waals surface area (Å²) < 4.78 is 0. The third-order valence-electron chi connectivity index (χ3n) is 3.61. The van der Waals surface area contributed by atoms with Crippen molar-refractivity contribution in [3.63, 3.8) is 0 Å². The van der Waals surface area contributed by atoms with Crippen LogP contribution in [0.2, 0.25) is 5.02 Å². The van der Waals surface area contributed by atoms with E-state index in [4.69, 9.17) is 16.7 Å². The zero-order valence-electron chi connectivity index (χ0n) is 10.3. The Morgan fingerprint density at radius 3 is 2.65 bits per heavy atom. The van der Waals surface area contributed by atoms with E-state index >= 15 is 0 Å². The Labute approximate surface area is 108 Å². The van der Waals surface area contributed by atoms with E-state index in [0.717, 1.165) is 28.7 Å². The molecule has 2 rings (SSSR count). The molecule has 0 atom stereocenters. The molecule has 0 aromatic heterocycles. The van der Waals surface area contributed by atoms with Crippen molar-refractivity contribution in [2.75, 3.05) is 18.5 Å². The van der Waals surface area contributed by atoms with Crippen molar-refractivity contribution >= 4 is 17.3 Å². The lowest BCUT2D eigenvalue weighted by atomic mass is 10.1. The number of anilines is 1. The van der Waals surface area contributed by atoms with Crippen LogP contribution >= 0.6 is 11.6 Å². The number of aliphatic hydroxyl groups is 1. The van der Waals surface area contributed by atoms with Gasteiger partial charge in [-0.2, -0.15) is 0 Å². The van der Waals surface area contributed by atoms with Gasteiger partial charge in [-0.25, -0.2) is 0 Å². The van der Waals surface area contributed by atoms with Crippen LogP contribution < -0.4 is 4.90 Å². The highest BCUT2D eigenvalue weighted by molar-refractivity contribution is 6.33. The number of benzene rings is 1. The van der Waals surface area contributed by atoms with Crippen LogP contribution in [-0.4, -0.2) is 18.7 Å². The van der Waals surface area contributed by atoms with E-state index in [0.29, 0.717) is 0 Å². The first-order valence-electron chi connectivity index (χ1n) is 6.31. The van der Waals surface area contributed by atoms with Gasteiger partial charge in [-0.05, 0) is 36.5 Å². The third kappa shape index (κ3) is 3.14. The first-order valence-corrected chi connectivity index (χ1v) is 6.69. The summed E-state index contributed by atoms with van der Waals surface area (Å²) in [6, 6.07) is 5.79. The summed E-state index contributed by atoms with van der Waals surface area (Å²) in [5.74, 6) is 0.814. The Balaban J connectivity index is 2.04. The van der Waals surface area contributed by atoms with Gasteiger partial charge in [0.15, 0.2) is 0 Å². The third-order valence-corrected chi connectivity index (χ3v) is 3.92. The summed E-state index contributed by atoms with van der Waals surface area (Å²) in [6.45, 7) is 1.13. The molecule has 0 bridgehead atoms. The van der Waals surface area contributed by atoms with E-state index in [1.165, 1.54) is 25.7 Å². The van der Waals surface area contributed by atoms with Crippen LogP contribution in [0.5, 0.6) is 0 Å². The molecule has 1 aliphatic carbocycles. The average molecular weight is 254 g/mol. The van der Waals surface area contributed by atoms with Crippen molar-refractivity contribution in [3.8, 4) is 0 Å². The minimum atomic E-state index is 0.0480. The van der Waals surface area contributed by atoms with Gasteiger partial charge in [0.05, 0.1) is 17.3 Å². The lowest BCUT2D eigenvalue weighted by Gasteiger charge is -2.24. The fourth-order valence-corrected chi connectivity index (χ4v) is 2.98. The first kappa shape index (κ1) is 12.7. The van der Waals surface area contributed by atoms with Crippen molar-refractivity contribution in [1.82, 2.24) is 0 Å². The second-order valence-electron chi connectivity index (χ2n) is 4.97. The van der Waals surface area contributed by atoms with Crippen molar-refractivity contribution in [1.29, 1.82) is 0 Å². The molecule has 1 aliphatic rings. The largest absolute Gasteiger partial charge is 0.392 e. The lowest BCUT2D eigenvalue weighted by Crippen LogP contribution is -2.24. The molecule has 94 valence electrons. The molecule has 3 heteroatoms. The number of rotatable bonds is 4. The normalized spacial score (nSPS) is 16.4. The summed E-state index contributed by atoms with van der Waals surface area (Å²) in [6.07, 6.45) is 5.43. The second-order valence-corrected chi connectivity index (χ2v) is 5.38. The predicted molar refractivity (Wildman–Crippen MR) is 72.6 cm³/mol. The Morgan fingerprint density at radius 2 is 2.06 bits per heavy atom. The second kappa shape index (κ2) is 5.74. The minimum absolute atomic E-state index is 0.0480. The lowest BCUT2D eigenvalue weighted by molar-refractivity contribution is 0.282. The standard InChI is InChI=1S/C14H20ClNO/c1-16(9-11-4-2-3-5-11)14-7-6-12(10-17)8-13(14)15/h6-8,11,17H,2-5,9-10H2,1H3. The van der Waals surface area contributed by atoms with Gasteiger partial charge < -0.3 is 10.0 Å². The highest BCUT2D eigenvalue weighted by atomic mass is 35.5. The molecular formula is C14H20ClNO. The summed E-state index contributed by atoms with van der Waals surface area (Å²) in [5, 5.41) is 9.78. The molecule has 0 spiro atoms. The van der Waals surface area contributed by atoms with E-state index in [-0.39, 0.29) is 6.61 Å². The molecular weight excluding hydrogens is 234 g/mol. The fourth-order valence-electron chi connectivity index (χ4n) is 2.64. The maximum absolute atomic E-state index is 9.05. The van der Waals surface area contributed by atoms with Gasteiger partial charge in [-0.1, -0.05) is 30.5 Å². The smallest absolute Gasteiger partial charge is 0.0682 e. The number of nitrogens with zero attached hydrogens (tertiary/aromatic N) is 1. The van der Waals surface area contributed by atoms with Gasteiger partial charge >= 0.3 is 0 Å². The molecule has 0 unspecified atom stereocenters. The topological polar surface area (TPSA) is 23.5 Å². The summed E-state index contributed by atoms with van der Waals surface area (Å²) >= 11 is 6.24. The Bertz CT molecular complexity index is 374. The summed E-state index contributed by atoms with van der Waals surface area (Å²) in [5.41, 5.74) is 1.93. The molecule has 1 N–H and O–H groups in total. The number of hydrogen-bond acceptors (Lipinski definition) is 2. The molecule has 2 nitrogen and oxygen atoms in total. The van der Waals surface area contributed by atoms with Crippen LogP contribution in [0.15, 0.2) is 18.2 Å². The maximum atomic E-state index is 9.05. The Kier molecular flexibility index (Phi) is 4.30. The molecule has 0 saturated heterocycles. The summed E-state index contributed by atoms with van der Waals surface area (Å²) in [7, 11) is 2.10. The van der Waals surface area contributed by atoms with E-state index in [9.17, 15) is 0 Å². The van der Waals surface area contributed by atoms with Crippen LogP contribution in [0.1, 0.15) is 31.2 Å². The van der Waals surface area contributed by atoms with Gasteiger partial charge in [-0.15, -0.1) is 0 Å². The van der Waals surface area contributed by atoms with Crippen LogP contribution in [0.25, 0.3) is 0 Å². The zero-order chi connectivity index (χ0) is 12.3. The maximum Gasteiger partial charge on any atom is 0.0682 e. The predicted octanol–water partition coefficient (Wildman–Crippen LogP) is 3.46. The van der Waals surface area contributed by atoms with Gasteiger partial charge in [0.1, 0.15) is 0 Å². The molecule has 0 heterocycles. The van der Waals surface area contributed by atoms with Crippen LogP contribution in [0, 0.1) is 5.92 Å². The molecule has 1 aromatic carbocycles. The zero-order valence-corrected chi connectivity index (χ0v) is 11.1.